The molecule has 0 spiro atoms. The standard InChI is InChI=1S/C25H22N2O6/c1-3-31-21-13-20(33-23(21)27-14-16(2)22(28)26-25(27)30)15-32-24(29)19-11-9-18(10-12-19)17-7-5-4-6-8-17/h3-14,21,23H,1,15H2,2H3,(H,26,28,30)/t21-,23-/m1/s1. The minimum atomic E-state index is -0.884. The number of benzene rings is 2. The van der Waals surface area contributed by atoms with Crippen molar-refractivity contribution in [2.75, 3.05) is 6.61 Å². The van der Waals surface area contributed by atoms with Gasteiger partial charge in [0, 0.05) is 17.8 Å². The van der Waals surface area contributed by atoms with Crippen LogP contribution in [0.1, 0.15) is 22.1 Å². The summed E-state index contributed by atoms with van der Waals surface area (Å²) in [7, 11) is 0. The summed E-state index contributed by atoms with van der Waals surface area (Å²) in [6.07, 6.45) is 2.65. The highest BCUT2D eigenvalue weighted by molar-refractivity contribution is 5.90. The summed E-state index contributed by atoms with van der Waals surface area (Å²) in [4.78, 5) is 38.6. The van der Waals surface area contributed by atoms with E-state index in [1.807, 2.05) is 42.5 Å². The Labute approximate surface area is 189 Å². The molecule has 0 saturated heterocycles. The first-order chi connectivity index (χ1) is 16.0. The summed E-state index contributed by atoms with van der Waals surface area (Å²) in [5.41, 5.74) is 1.66. The van der Waals surface area contributed by atoms with E-state index in [0.717, 1.165) is 11.1 Å². The maximum Gasteiger partial charge on any atom is 0.338 e. The molecule has 1 aromatic heterocycles. The monoisotopic (exact) mass is 446 g/mol. The third kappa shape index (κ3) is 4.79. The number of hydrogen-bond donors (Lipinski definition) is 1. The Morgan fingerprint density at radius 2 is 1.82 bits per heavy atom. The fraction of sp³-hybridized carbons (Fsp3) is 0.160. The molecular formula is C25H22N2O6. The van der Waals surface area contributed by atoms with Crippen LogP contribution >= 0.6 is 0 Å². The van der Waals surface area contributed by atoms with Gasteiger partial charge in [-0.05, 0) is 30.2 Å². The molecule has 33 heavy (non-hydrogen) atoms. The molecule has 1 aliphatic heterocycles. The van der Waals surface area contributed by atoms with E-state index in [9.17, 15) is 14.4 Å². The van der Waals surface area contributed by atoms with Crippen LogP contribution < -0.4 is 11.2 Å². The van der Waals surface area contributed by atoms with E-state index < -0.39 is 29.6 Å². The van der Waals surface area contributed by atoms with E-state index in [2.05, 4.69) is 11.6 Å². The molecule has 2 atom stereocenters. The molecule has 2 heterocycles. The van der Waals surface area contributed by atoms with Crippen molar-refractivity contribution in [1.29, 1.82) is 0 Å². The van der Waals surface area contributed by atoms with Gasteiger partial charge in [-0.2, -0.15) is 0 Å². The van der Waals surface area contributed by atoms with Crippen LogP contribution in [0.4, 0.5) is 0 Å². The summed E-state index contributed by atoms with van der Waals surface area (Å²) < 4.78 is 17.8. The fourth-order valence-corrected chi connectivity index (χ4v) is 3.47. The zero-order chi connectivity index (χ0) is 23.4. The zero-order valence-corrected chi connectivity index (χ0v) is 17.9. The zero-order valence-electron chi connectivity index (χ0n) is 17.9. The number of nitrogens with one attached hydrogen (secondary N) is 1. The maximum absolute atomic E-state index is 12.5. The molecule has 0 fully saturated rings. The Bertz CT molecular complexity index is 1310. The van der Waals surface area contributed by atoms with E-state index in [1.54, 1.807) is 25.1 Å². The number of carbonyl (C=O) groups excluding carboxylic acids is 1. The highest BCUT2D eigenvalue weighted by atomic mass is 16.6. The number of aryl methyl sites for hydroxylation is 1. The number of aromatic amines is 1. The molecule has 2 aromatic carbocycles. The number of hydrogen-bond acceptors (Lipinski definition) is 6. The van der Waals surface area contributed by atoms with Crippen LogP contribution in [0.15, 0.2) is 95.1 Å². The maximum atomic E-state index is 12.5. The van der Waals surface area contributed by atoms with Gasteiger partial charge in [-0.15, -0.1) is 0 Å². The van der Waals surface area contributed by atoms with Crippen LogP contribution in [0, 0.1) is 6.92 Å². The second kappa shape index (κ2) is 9.44. The van der Waals surface area contributed by atoms with Crippen molar-refractivity contribution in [3.8, 4) is 11.1 Å². The Hall–Kier alpha value is -4.33. The molecule has 0 radical (unpaired) electrons. The van der Waals surface area contributed by atoms with Crippen LogP contribution in [0.3, 0.4) is 0 Å². The Morgan fingerprint density at radius 3 is 2.52 bits per heavy atom. The van der Waals surface area contributed by atoms with Gasteiger partial charge in [-0.25, -0.2) is 9.59 Å². The quantitative estimate of drug-likeness (QED) is 0.442. The average Bonchev–Trinajstić information content (AvgIpc) is 3.23. The van der Waals surface area contributed by atoms with E-state index in [0.29, 0.717) is 16.9 Å². The Morgan fingerprint density at radius 1 is 1.12 bits per heavy atom. The van der Waals surface area contributed by atoms with Crippen LogP contribution in [-0.4, -0.2) is 28.2 Å². The van der Waals surface area contributed by atoms with Gasteiger partial charge in [0.2, 0.25) is 6.23 Å². The number of rotatable bonds is 7. The summed E-state index contributed by atoms with van der Waals surface area (Å²) >= 11 is 0. The SMILES string of the molecule is C=CO[C@@H]1C=C(COC(=O)c2ccc(-c3ccccc3)cc2)O[C@H]1n1cc(C)c(=O)[nH]c1=O. The van der Waals surface area contributed by atoms with E-state index >= 15 is 0 Å². The predicted molar refractivity (Wildman–Crippen MR) is 121 cm³/mol. The minimum Gasteiger partial charge on any atom is -0.488 e. The average molecular weight is 446 g/mol. The third-order valence-corrected chi connectivity index (χ3v) is 5.15. The molecule has 0 unspecified atom stereocenters. The minimum absolute atomic E-state index is 0.149. The molecule has 8 nitrogen and oxygen atoms in total. The van der Waals surface area contributed by atoms with Crippen molar-refractivity contribution >= 4 is 5.97 Å². The molecule has 0 bridgehead atoms. The lowest BCUT2D eigenvalue weighted by atomic mass is 10.0. The number of carbonyl (C=O) groups is 1. The normalized spacial score (nSPS) is 17.1. The van der Waals surface area contributed by atoms with Crippen molar-refractivity contribution < 1.29 is 19.0 Å². The summed E-state index contributed by atoms with van der Waals surface area (Å²) in [5, 5.41) is 0. The summed E-state index contributed by atoms with van der Waals surface area (Å²) in [5.74, 6) is -0.197. The van der Waals surface area contributed by atoms with Crippen LogP contribution in [0.2, 0.25) is 0 Å². The molecular weight excluding hydrogens is 424 g/mol. The molecule has 4 rings (SSSR count). The molecule has 3 aromatic rings. The van der Waals surface area contributed by atoms with Crippen molar-refractivity contribution in [1.82, 2.24) is 9.55 Å². The van der Waals surface area contributed by atoms with Gasteiger partial charge < -0.3 is 14.2 Å². The first-order valence-electron chi connectivity index (χ1n) is 10.2. The predicted octanol–water partition coefficient (Wildman–Crippen LogP) is 3.31. The lowest BCUT2D eigenvalue weighted by Gasteiger charge is -2.21. The van der Waals surface area contributed by atoms with Crippen LogP contribution in [0.5, 0.6) is 0 Å². The van der Waals surface area contributed by atoms with E-state index in [-0.39, 0.29) is 6.61 Å². The molecule has 8 heteroatoms. The van der Waals surface area contributed by atoms with Crippen molar-refractivity contribution in [3.05, 3.63) is 117 Å². The van der Waals surface area contributed by atoms with Crippen LogP contribution in [0.25, 0.3) is 11.1 Å². The molecule has 1 aliphatic rings. The molecule has 0 saturated carbocycles. The van der Waals surface area contributed by atoms with Gasteiger partial charge in [0.05, 0.1) is 11.8 Å². The number of H-pyrrole nitrogens is 1. The first-order valence-corrected chi connectivity index (χ1v) is 10.2. The fourth-order valence-electron chi connectivity index (χ4n) is 3.47. The summed E-state index contributed by atoms with van der Waals surface area (Å²) in [6.45, 7) is 4.96. The van der Waals surface area contributed by atoms with Crippen molar-refractivity contribution in [3.63, 3.8) is 0 Å². The molecule has 0 amide bonds. The highest BCUT2D eigenvalue weighted by Crippen LogP contribution is 2.28. The van der Waals surface area contributed by atoms with Gasteiger partial charge in [-0.3, -0.25) is 14.3 Å². The van der Waals surface area contributed by atoms with Crippen molar-refractivity contribution in [2.45, 2.75) is 19.3 Å². The number of esters is 1. The van der Waals surface area contributed by atoms with Crippen LogP contribution in [-0.2, 0) is 14.2 Å². The van der Waals surface area contributed by atoms with Gasteiger partial charge in [0.15, 0.2) is 6.10 Å². The molecule has 168 valence electrons. The number of ether oxygens (including phenoxy) is 3. The van der Waals surface area contributed by atoms with E-state index in [4.69, 9.17) is 14.2 Å². The Kier molecular flexibility index (Phi) is 6.26. The summed E-state index contributed by atoms with van der Waals surface area (Å²) in [6, 6.07) is 16.9. The van der Waals surface area contributed by atoms with Crippen molar-refractivity contribution in [2.24, 2.45) is 0 Å². The third-order valence-electron chi connectivity index (χ3n) is 5.15. The second-order valence-corrected chi connectivity index (χ2v) is 7.41. The first kappa shape index (κ1) is 21.9. The smallest absolute Gasteiger partial charge is 0.338 e. The lowest BCUT2D eigenvalue weighted by molar-refractivity contribution is -0.0194. The number of nitrogens with zero attached hydrogens (tertiary/aromatic N) is 1. The topological polar surface area (TPSA) is 99.6 Å². The van der Waals surface area contributed by atoms with Gasteiger partial charge in [-0.1, -0.05) is 49.0 Å². The van der Waals surface area contributed by atoms with Gasteiger partial charge in [0.1, 0.15) is 12.4 Å². The Balaban J connectivity index is 1.44. The molecule has 1 N–H and O–H groups in total. The molecule has 0 aliphatic carbocycles. The lowest BCUT2D eigenvalue weighted by Crippen LogP contribution is -2.37. The largest absolute Gasteiger partial charge is 0.488 e. The highest BCUT2D eigenvalue weighted by Gasteiger charge is 2.33. The van der Waals surface area contributed by atoms with Gasteiger partial charge in [0.25, 0.3) is 5.56 Å². The van der Waals surface area contributed by atoms with E-state index in [1.165, 1.54) is 17.0 Å². The van der Waals surface area contributed by atoms with Gasteiger partial charge >= 0.3 is 11.7 Å². The number of aromatic nitrogens is 2. The second-order valence-electron chi connectivity index (χ2n) is 7.41.